The highest BCUT2D eigenvalue weighted by atomic mass is 32.2. The van der Waals surface area contributed by atoms with Gasteiger partial charge in [0.1, 0.15) is 12.4 Å². The van der Waals surface area contributed by atoms with E-state index in [4.69, 9.17) is 17.0 Å². The summed E-state index contributed by atoms with van der Waals surface area (Å²) in [5.41, 5.74) is 2.12. The van der Waals surface area contributed by atoms with E-state index in [2.05, 4.69) is 10.6 Å². The summed E-state index contributed by atoms with van der Waals surface area (Å²) in [6.07, 6.45) is 2.94. The molecule has 0 radical (unpaired) electrons. The third kappa shape index (κ3) is 6.16. The fourth-order valence-electron chi connectivity index (χ4n) is 3.11. The highest BCUT2D eigenvalue weighted by Gasteiger charge is 2.25. The average Bonchev–Trinajstić information content (AvgIpc) is 2.74. The number of piperidine rings is 1. The molecule has 156 valence electrons. The summed E-state index contributed by atoms with van der Waals surface area (Å²) >= 11 is 5.27. The summed E-state index contributed by atoms with van der Waals surface area (Å²) in [7, 11) is -3.41. The van der Waals surface area contributed by atoms with E-state index >= 15 is 0 Å². The summed E-state index contributed by atoms with van der Waals surface area (Å²) in [6.45, 7) is 4.18. The number of rotatable bonds is 7. The zero-order chi connectivity index (χ0) is 20.7. The van der Waals surface area contributed by atoms with E-state index in [0.29, 0.717) is 42.0 Å². The normalized spacial score (nSPS) is 14.9. The van der Waals surface area contributed by atoms with Crippen LogP contribution in [0.2, 0.25) is 0 Å². The molecule has 6 nitrogen and oxygen atoms in total. The second-order valence-corrected chi connectivity index (χ2v) is 9.38. The number of anilines is 1. The summed E-state index contributed by atoms with van der Waals surface area (Å²) < 4.78 is 32.6. The Morgan fingerprint density at radius 1 is 1.03 bits per heavy atom. The van der Waals surface area contributed by atoms with Crippen LogP contribution in [0.25, 0.3) is 0 Å². The van der Waals surface area contributed by atoms with Gasteiger partial charge in [0.15, 0.2) is 5.11 Å². The lowest BCUT2D eigenvalue weighted by Gasteiger charge is -2.25. The van der Waals surface area contributed by atoms with Crippen LogP contribution in [0.15, 0.2) is 53.4 Å². The highest BCUT2D eigenvalue weighted by Crippen LogP contribution is 2.22. The van der Waals surface area contributed by atoms with Crippen LogP contribution in [0, 0.1) is 6.92 Å². The van der Waals surface area contributed by atoms with Crippen molar-refractivity contribution in [2.75, 3.05) is 31.6 Å². The minimum Gasteiger partial charge on any atom is -0.492 e. The number of aryl methyl sites for hydroxylation is 1. The van der Waals surface area contributed by atoms with Crippen LogP contribution >= 0.6 is 12.2 Å². The number of benzene rings is 2. The molecule has 3 rings (SSSR count). The number of nitrogens with one attached hydrogen (secondary N) is 2. The Morgan fingerprint density at radius 2 is 1.69 bits per heavy atom. The SMILES string of the molecule is Cc1ccc(NC(=S)NCCOc2ccc(S(=O)(=O)N3CCCCC3)cc2)cc1. The molecular weight excluding hydrogens is 406 g/mol. The Kier molecular flexibility index (Phi) is 7.46. The van der Waals surface area contributed by atoms with Crippen LogP contribution in [0.3, 0.4) is 0 Å². The topological polar surface area (TPSA) is 70.7 Å². The molecule has 1 saturated heterocycles. The second kappa shape index (κ2) is 10.0. The Labute approximate surface area is 178 Å². The molecule has 0 aliphatic carbocycles. The van der Waals surface area contributed by atoms with Crippen LogP contribution < -0.4 is 15.4 Å². The lowest BCUT2D eigenvalue weighted by atomic mass is 10.2. The largest absolute Gasteiger partial charge is 0.492 e. The number of sulfonamides is 1. The highest BCUT2D eigenvalue weighted by molar-refractivity contribution is 7.89. The molecular formula is C21H27N3O3S2. The van der Waals surface area contributed by atoms with Crippen molar-refractivity contribution in [3.05, 3.63) is 54.1 Å². The maximum atomic E-state index is 12.7. The van der Waals surface area contributed by atoms with Gasteiger partial charge in [-0.1, -0.05) is 24.1 Å². The third-order valence-corrected chi connectivity index (χ3v) is 6.90. The standard InChI is InChI=1S/C21H27N3O3S2/c1-17-5-7-18(8-6-17)23-21(28)22-13-16-27-19-9-11-20(12-10-19)29(25,26)24-14-3-2-4-15-24/h5-12H,2-4,13-16H2,1H3,(H2,22,23,28). The van der Waals surface area contributed by atoms with Gasteiger partial charge in [0.05, 0.1) is 11.4 Å². The van der Waals surface area contributed by atoms with E-state index in [1.165, 1.54) is 5.56 Å². The molecule has 29 heavy (non-hydrogen) atoms. The van der Waals surface area contributed by atoms with Crippen molar-refractivity contribution in [3.8, 4) is 5.75 Å². The minimum atomic E-state index is -3.41. The maximum absolute atomic E-state index is 12.7. The first-order valence-electron chi connectivity index (χ1n) is 9.80. The van der Waals surface area contributed by atoms with Crippen molar-refractivity contribution in [3.63, 3.8) is 0 Å². The molecule has 0 saturated carbocycles. The lowest BCUT2D eigenvalue weighted by molar-refractivity contribution is 0.322. The molecule has 0 spiro atoms. The first-order chi connectivity index (χ1) is 13.9. The summed E-state index contributed by atoms with van der Waals surface area (Å²) in [5.74, 6) is 0.627. The molecule has 0 aromatic heterocycles. The van der Waals surface area contributed by atoms with Crippen LogP contribution in [-0.4, -0.2) is 44.1 Å². The van der Waals surface area contributed by atoms with Crippen LogP contribution in [0.5, 0.6) is 5.75 Å². The fourth-order valence-corrected chi connectivity index (χ4v) is 4.84. The molecule has 0 bridgehead atoms. The van der Waals surface area contributed by atoms with Gasteiger partial charge in [-0.15, -0.1) is 0 Å². The first kappa shape index (κ1) is 21.5. The van der Waals surface area contributed by atoms with E-state index in [1.807, 2.05) is 31.2 Å². The number of ether oxygens (including phenoxy) is 1. The van der Waals surface area contributed by atoms with Crippen molar-refractivity contribution in [1.82, 2.24) is 9.62 Å². The van der Waals surface area contributed by atoms with E-state index in [1.54, 1.807) is 28.6 Å². The van der Waals surface area contributed by atoms with Gasteiger partial charge in [0.25, 0.3) is 0 Å². The molecule has 2 aromatic carbocycles. The molecule has 2 aromatic rings. The zero-order valence-electron chi connectivity index (χ0n) is 16.6. The molecule has 1 aliphatic heterocycles. The molecule has 0 unspecified atom stereocenters. The van der Waals surface area contributed by atoms with Gasteiger partial charge in [0.2, 0.25) is 10.0 Å². The molecule has 0 amide bonds. The fraction of sp³-hybridized carbons (Fsp3) is 0.381. The number of hydrogen-bond acceptors (Lipinski definition) is 4. The van der Waals surface area contributed by atoms with E-state index < -0.39 is 10.0 Å². The van der Waals surface area contributed by atoms with Gasteiger partial charge in [0, 0.05) is 18.8 Å². The smallest absolute Gasteiger partial charge is 0.243 e. The van der Waals surface area contributed by atoms with Gasteiger partial charge in [-0.2, -0.15) is 4.31 Å². The van der Waals surface area contributed by atoms with Gasteiger partial charge >= 0.3 is 0 Å². The predicted octanol–water partition coefficient (Wildman–Crippen LogP) is 3.54. The summed E-state index contributed by atoms with van der Waals surface area (Å²) in [5, 5.41) is 6.73. The zero-order valence-corrected chi connectivity index (χ0v) is 18.2. The van der Waals surface area contributed by atoms with Crippen molar-refractivity contribution < 1.29 is 13.2 Å². The Morgan fingerprint density at radius 3 is 2.34 bits per heavy atom. The average molecular weight is 434 g/mol. The van der Waals surface area contributed by atoms with Gasteiger partial charge in [-0.3, -0.25) is 0 Å². The monoisotopic (exact) mass is 433 g/mol. The molecule has 1 fully saturated rings. The first-order valence-corrected chi connectivity index (χ1v) is 11.6. The van der Waals surface area contributed by atoms with Gasteiger partial charge in [-0.25, -0.2) is 8.42 Å². The summed E-state index contributed by atoms with van der Waals surface area (Å²) in [6, 6.07) is 14.6. The Hall–Kier alpha value is -2.16. The molecule has 2 N–H and O–H groups in total. The van der Waals surface area contributed by atoms with Crippen molar-refractivity contribution in [2.45, 2.75) is 31.1 Å². The third-order valence-electron chi connectivity index (χ3n) is 4.74. The number of nitrogens with zero attached hydrogens (tertiary/aromatic N) is 1. The number of thiocarbonyl (C=S) groups is 1. The second-order valence-electron chi connectivity index (χ2n) is 7.03. The minimum absolute atomic E-state index is 0.313. The van der Waals surface area contributed by atoms with E-state index in [0.717, 1.165) is 24.9 Å². The molecule has 1 heterocycles. The van der Waals surface area contributed by atoms with E-state index in [9.17, 15) is 8.42 Å². The van der Waals surface area contributed by atoms with Gasteiger partial charge < -0.3 is 15.4 Å². The Balaban J connectivity index is 1.43. The van der Waals surface area contributed by atoms with Crippen molar-refractivity contribution >= 4 is 33.0 Å². The maximum Gasteiger partial charge on any atom is 0.243 e. The van der Waals surface area contributed by atoms with Crippen LogP contribution in [0.4, 0.5) is 5.69 Å². The van der Waals surface area contributed by atoms with Crippen LogP contribution in [0.1, 0.15) is 24.8 Å². The van der Waals surface area contributed by atoms with Crippen molar-refractivity contribution in [2.24, 2.45) is 0 Å². The molecule has 0 atom stereocenters. The van der Waals surface area contributed by atoms with Crippen molar-refractivity contribution in [1.29, 1.82) is 0 Å². The predicted molar refractivity (Wildman–Crippen MR) is 120 cm³/mol. The number of hydrogen-bond donors (Lipinski definition) is 2. The van der Waals surface area contributed by atoms with Crippen LogP contribution in [-0.2, 0) is 10.0 Å². The molecule has 8 heteroatoms. The molecule has 1 aliphatic rings. The quantitative estimate of drug-likeness (QED) is 0.514. The lowest BCUT2D eigenvalue weighted by Crippen LogP contribution is -2.35. The van der Waals surface area contributed by atoms with E-state index in [-0.39, 0.29) is 0 Å². The summed E-state index contributed by atoms with van der Waals surface area (Å²) in [4.78, 5) is 0.313. The Bertz CT molecular complexity index is 907. The van der Waals surface area contributed by atoms with Gasteiger partial charge in [-0.05, 0) is 68.4 Å².